The number of nitro groups is 1. The van der Waals surface area contributed by atoms with Crippen LogP contribution in [0.3, 0.4) is 0 Å². The molecule has 0 atom stereocenters. The predicted octanol–water partition coefficient (Wildman–Crippen LogP) is 4.38. The molecule has 0 radical (unpaired) electrons. The molecule has 0 aromatic heterocycles. The first kappa shape index (κ1) is 20.9. The van der Waals surface area contributed by atoms with Crippen LogP contribution in [-0.4, -0.2) is 19.9 Å². The van der Waals surface area contributed by atoms with Gasteiger partial charge in [0.15, 0.2) is 0 Å². The Balaban J connectivity index is 2.17. The summed E-state index contributed by atoms with van der Waals surface area (Å²) in [7, 11) is -4.85. The number of anilines is 1. The number of hydrogen-bond donors (Lipinski definition) is 0. The van der Waals surface area contributed by atoms with E-state index in [2.05, 4.69) is 0 Å². The zero-order valence-electron chi connectivity index (χ0n) is 14.1. The molecule has 0 amide bonds. The molecule has 0 aliphatic carbocycles. The fourth-order valence-corrected chi connectivity index (χ4v) is 4.47. The van der Waals surface area contributed by atoms with Crippen LogP contribution in [0.5, 0.6) is 0 Å². The third-order valence-electron chi connectivity index (χ3n) is 4.28. The van der Waals surface area contributed by atoms with E-state index < -0.39 is 49.0 Å². The van der Waals surface area contributed by atoms with Crippen LogP contribution in [0.1, 0.15) is 16.7 Å². The van der Waals surface area contributed by atoms with Crippen molar-refractivity contribution in [1.82, 2.24) is 0 Å². The molecule has 0 unspecified atom stereocenters. The summed E-state index contributed by atoms with van der Waals surface area (Å²) < 4.78 is 104. The van der Waals surface area contributed by atoms with Gasteiger partial charge in [0.1, 0.15) is 0 Å². The average molecular weight is 440 g/mol. The Morgan fingerprint density at radius 1 is 0.931 bits per heavy atom. The number of nitrogens with zero attached hydrogens (tertiary/aromatic N) is 2. The molecule has 156 valence electrons. The Kier molecular flexibility index (Phi) is 4.76. The number of non-ortho nitro benzene ring substituents is 1. The highest BCUT2D eigenvalue weighted by molar-refractivity contribution is 7.92. The Hall–Kier alpha value is -2.83. The minimum Gasteiger partial charge on any atom is -0.265 e. The van der Waals surface area contributed by atoms with E-state index >= 15 is 0 Å². The molecule has 0 saturated carbocycles. The van der Waals surface area contributed by atoms with Gasteiger partial charge in [-0.25, -0.2) is 8.42 Å². The molecule has 0 N–H and O–H groups in total. The Bertz CT molecular complexity index is 1060. The van der Waals surface area contributed by atoms with Crippen molar-refractivity contribution < 1.29 is 39.7 Å². The molecule has 0 bridgehead atoms. The number of benzene rings is 2. The second kappa shape index (κ2) is 6.61. The number of hydrogen-bond acceptors (Lipinski definition) is 4. The third kappa shape index (κ3) is 3.86. The fraction of sp³-hybridized carbons (Fsp3) is 0.250. The van der Waals surface area contributed by atoms with Gasteiger partial charge in [0.25, 0.3) is 15.7 Å². The molecule has 13 heteroatoms. The summed E-state index contributed by atoms with van der Waals surface area (Å²) in [4.78, 5) is 8.92. The first-order valence-electron chi connectivity index (χ1n) is 7.81. The molecule has 0 saturated heterocycles. The van der Waals surface area contributed by atoms with Crippen LogP contribution in [0.15, 0.2) is 41.3 Å². The minimum atomic E-state index is -5.22. The van der Waals surface area contributed by atoms with Gasteiger partial charge < -0.3 is 0 Å². The van der Waals surface area contributed by atoms with Gasteiger partial charge in [-0.15, -0.1) is 0 Å². The predicted molar refractivity (Wildman–Crippen MR) is 87.8 cm³/mol. The van der Waals surface area contributed by atoms with Crippen molar-refractivity contribution in [3.63, 3.8) is 0 Å². The van der Waals surface area contributed by atoms with Gasteiger partial charge in [-0.1, -0.05) is 6.07 Å². The van der Waals surface area contributed by atoms with Crippen LogP contribution < -0.4 is 4.31 Å². The molecule has 3 rings (SSSR count). The highest BCUT2D eigenvalue weighted by atomic mass is 32.2. The number of nitro benzene ring substituents is 1. The molecular formula is C16H10F6N2O4S. The number of alkyl halides is 6. The summed E-state index contributed by atoms with van der Waals surface area (Å²) in [5.41, 5.74) is -3.81. The van der Waals surface area contributed by atoms with Crippen LogP contribution in [0.4, 0.5) is 37.7 Å². The Morgan fingerprint density at radius 3 is 1.97 bits per heavy atom. The molecule has 0 fully saturated rings. The molecule has 2 aromatic carbocycles. The number of rotatable bonds is 3. The Labute approximate surface area is 159 Å². The highest BCUT2D eigenvalue weighted by Crippen LogP contribution is 2.40. The van der Waals surface area contributed by atoms with Crippen molar-refractivity contribution in [3.05, 3.63) is 63.2 Å². The van der Waals surface area contributed by atoms with Crippen LogP contribution in [0, 0.1) is 10.1 Å². The van der Waals surface area contributed by atoms with Crippen molar-refractivity contribution in [2.24, 2.45) is 0 Å². The van der Waals surface area contributed by atoms with Crippen molar-refractivity contribution >= 4 is 21.4 Å². The van der Waals surface area contributed by atoms with E-state index in [-0.39, 0.29) is 36.9 Å². The van der Waals surface area contributed by atoms with Gasteiger partial charge in [-0.2, -0.15) is 26.3 Å². The maximum atomic E-state index is 13.0. The molecule has 0 spiro atoms. The van der Waals surface area contributed by atoms with Crippen molar-refractivity contribution in [2.75, 3.05) is 10.8 Å². The fourth-order valence-electron chi connectivity index (χ4n) is 2.90. The van der Waals surface area contributed by atoms with Crippen molar-refractivity contribution in [3.8, 4) is 0 Å². The number of fused-ring (bicyclic) bond motifs is 1. The van der Waals surface area contributed by atoms with E-state index in [1.165, 1.54) is 6.07 Å². The molecule has 1 aliphatic rings. The second-order valence-corrected chi connectivity index (χ2v) is 8.00. The topological polar surface area (TPSA) is 80.5 Å². The van der Waals surface area contributed by atoms with Gasteiger partial charge in [-0.3, -0.25) is 14.4 Å². The summed E-state index contributed by atoms with van der Waals surface area (Å²) in [6, 6.07) is 3.37. The van der Waals surface area contributed by atoms with Crippen LogP contribution >= 0.6 is 0 Å². The largest absolute Gasteiger partial charge is 0.416 e. The van der Waals surface area contributed by atoms with E-state index in [0.29, 0.717) is 9.87 Å². The average Bonchev–Trinajstić information content (AvgIpc) is 3.03. The lowest BCUT2D eigenvalue weighted by molar-refractivity contribution is -0.384. The lowest BCUT2D eigenvalue weighted by atomic mass is 10.1. The Morgan fingerprint density at radius 2 is 1.48 bits per heavy atom. The van der Waals surface area contributed by atoms with Gasteiger partial charge in [0.2, 0.25) is 0 Å². The summed E-state index contributed by atoms with van der Waals surface area (Å²) in [6.45, 7) is -0.281. The van der Waals surface area contributed by atoms with Crippen LogP contribution in [-0.2, 0) is 28.8 Å². The molecular weight excluding hydrogens is 430 g/mol. The third-order valence-corrected chi connectivity index (χ3v) is 6.07. The van der Waals surface area contributed by atoms with E-state index in [1.807, 2.05) is 0 Å². The summed E-state index contributed by atoms with van der Waals surface area (Å²) in [6.07, 6.45) is -10.3. The standard InChI is InChI=1S/C16H10F6N2O4S/c17-15(18,19)10-5-11(16(20,21)22)7-13(6-10)29(27,28)23-4-3-9-1-2-12(24(25)26)8-14(9)23/h1-2,5-8H,3-4H2. The quantitative estimate of drug-likeness (QED) is 0.403. The van der Waals surface area contributed by atoms with Gasteiger partial charge in [0, 0.05) is 18.7 Å². The van der Waals surface area contributed by atoms with Crippen LogP contribution in [0.2, 0.25) is 0 Å². The SMILES string of the molecule is O=[N+]([O-])c1ccc2c(c1)N(S(=O)(=O)c1cc(C(F)(F)F)cc(C(F)(F)F)c1)CC2. The summed E-state index contributed by atoms with van der Waals surface area (Å²) in [5.74, 6) is 0. The van der Waals surface area contributed by atoms with Crippen molar-refractivity contribution in [1.29, 1.82) is 0 Å². The van der Waals surface area contributed by atoms with E-state index in [0.717, 1.165) is 12.1 Å². The first-order valence-corrected chi connectivity index (χ1v) is 9.25. The van der Waals surface area contributed by atoms with Crippen molar-refractivity contribution in [2.45, 2.75) is 23.7 Å². The van der Waals surface area contributed by atoms with E-state index in [4.69, 9.17) is 0 Å². The molecule has 1 heterocycles. The molecule has 2 aromatic rings. The molecule has 29 heavy (non-hydrogen) atoms. The summed E-state index contributed by atoms with van der Waals surface area (Å²) in [5, 5.41) is 10.9. The van der Waals surface area contributed by atoms with E-state index in [9.17, 15) is 44.9 Å². The normalized spacial score (nSPS) is 14.8. The maximum absolute atomic E-state index is 13.0. The second-order valence-electron chi connectivity index (χ2n) is 6.14. The maximum Gasteiger partial charge on any atom is 0.416 e. The monoisotopic (exact) mass is 440 g/mol. The smallest absolute Gasteiger partial charge is 0.265 e. The molecule has 1 aliphatic heterocycles. The molecule has 6 nitrogen and oxygen atoms in total. The van der Waals surface area contributed by atoms with Gasteiger partial charge in [0.05, 0.1) is 26.6 Å². The highest BCUT2D eigenvalue weighted by Gasteiger charge is 2.40. The van der Waals surface area contributed by atoms with Crippen LogP contribution in [0.25, 0.3) is 0 Å². The zero-order valence-corrected chi connectivity index (χ0v) is 14.9. The number of halogens is 6. The lowest BCUT2D eigenvalue weighted by Gasteiger charge is -2.21. The zero-order chi connectivity index (χ0) is 21.8. The van der Waals surface area contributed by atoms with Gasteiger partial charge in [-0.05, 0) is 30.2 Å². The van der Waals surface area contributed by atoms with Gasteiger partial charge >= 0.3 is 12.4 Å². The van der Waals surface area contributed by atoms with E-state index in [1.54, 1.807) is 0 Å². The number of sulfonamides is 1. The lowest BCUT2D eigenvalue weighted by Crippen LogP contribution is -2.29. The minimum absolute atomic E-state index is 0.0949. The summed E-state index contributed by atoms with van der Waals surface area (Å²) >= 11 is 0. The first-order chi connectivity index (χ1) is 13.2.